The minimum atomic E-state index is 0.0206. The molecule has 2 atom stereocenters. The van der Waals surface area contributed by atoms with Gasteiger partial charge in [0.1, 0.15) is 11.1 Å². The predicted octanol–water partition coefficient (Wildman–Crippen LogP) is 1.80. The smallest absolute Gasteiger partial charge is 0.236 e. The first-order valence-electron chi connectivity index (χ1n) is 5.73. The molecule has 1 aromatic heterocycles. The van der Waals surface area contributed by atoms with E-state index in [0.29, 0.717) is 0 Å². The first kappa shape index (κ1) is 12.5. The van der Waals surface area contributed by atoms with Crippen molar-refractivity contribution in [2.24, 2.45) is 0 Å². The van der Waals surface area contributed by atoms with Crippen LogP contribution < -0.4 is 0 Å². The molecule has 1 aliphatic rings. The largest absolute Gasteiger partial charge is 0.466 e. The average Bonchev–Trinajstić information content (AvgIpc) is 2.87. The Hall–Kier alpha value is -0.940. The molecule has 1 aromatic rings. The molecule has 94 valence electrons. The number of carbonyl (C=O) groups is 1. The quantitative estimate of drug-likeness (QED) is 0.821. The van der Waals surface area contributed by atoms with E-state index in [-0.39, 0.29) is 16.5 Å². The van der Waals surface area contributed by atoms with E-state index in [2.05, 4.69) is 4.90 Å². The van der Waals surface area contributed by atoms with Crippen molar-refractivity contribution in [3.05, 3.63) is 24.2 Å². The van der Waals surface area contributed by atoms with Crippen LogP contribution in [0.25, 0.3) is 0 Å². The van der Waals surface area contributed by atoms with Gasteiger partial charge in [0.25, 0.3) is 0 Å². The Morgan fingerprint density at radius 2 is 2.29 bits per heavy atom. The summed E-state index contributed by atoms with van der Waals surface area (Å²) in [6, 6.07) is 3.80. The number of nitrogens with zero attached hydrogens (tertiary/aromatic N) is 2. The minimum Gasteiger partial charge on any atom is -0.466 e. The van der Waals surface area contributed by atoms with Gasteiger partial charge in [0.15, 0.2) is 0 Å². The van der Waals surface area contributed by atoms with Crippen molar-refractivity contribution in [1.29, 1.82) is 0 Å². The third kappa shape index (κ3) is 2.66. The van der Waals surface area contributed by atoms with Gasteiger partial charge >= 0.3 is 0 Å². The number of furan rings is 1. The zero-order valence-electron chi connectivity index (χ0n) is 10.4. The highest BCUT2D eigenvalue weighted by Gasteiger charge is 2.39. The van der Waals surface area contributed by atoms with E-state index in [0.717, 1.165) is 18.8 Å². The van der Waals surface area contributed by atoms with Gasteiger partial charge in [-0.15, -0.1) is 11.8 Å². The Bertz CT molecular complexity index is 378. The topological polar surface area (TPSA) is 36.7 Å². The Labute approximate surface area is 106 Å². The molecule has 5 heteroatoms. The van der Waals surface area contributed by atoms with Crippen molar-refractivity contribution >= 4 is 17.7 Å². The van der Waals surface area contributed by atoms with Crippen molar-refractivity contribution in [2.75, 3.05) is 27.2 Å². The summed E-state index contributed by atoms with van der Waals surface area (Å²) in [4.78, 5) is 16.1. The van der Waals surface area contributed by atoms with E-state index in [4.69, 9.17) is 4.42 Å². The molecule has 1 saturated heterocycles. The third-order valence-corrected chi connectivity index (χ3v) is 4.18. The summed E-state index contributed by atoms with van der Waals surface area (Å²) in [5.41, 5.74) is 0. The van der Waals surface area contributed by atoms with Crippen LogP contribution in [0.4, 0.5) is 0 Å². The highest BCUT2D eigenvalue weighted by Crippen LogP contribution is 2.42. The Morgan fingerprint density at radius 3 is 2.88 bits per heavy atom. The Morgan fingerprint density at radius 1 is 1.53 bits per heavy atom. The van der Waals surface area contributed by atoms with Crippen LogP contribution >= 0.6 is 11.8 Å². The summed E-state index contributed by atoms with van der Waals surface area (Å²) in [6.07, 6.45) is 1.66. The minimum absolute atomic E-state index is 0.0206. The second-order valence-corrected chi connectivity index (χ2v) is 5.91. The van der Waals surface area contributed by atoms with E-state index < -0.39 is 0 Å². The summed E-state index contributed by atoms with van der Waals surface area (Å²) in [6.45, 7) is 3.57. The van der Waals surface area contributed by atoms with E-state index in [1.165, 1.54) is 0 Å². The Kier molecular flexibility index (Phi) is 3.79. The zero-order valence-corrected chi connectivity index (χ0v) is 11.2. The molecule has 1 amide bonds. The molecular weight excluding hydrogens is 236 g/mol. The van der Waals surface area contributed by atoms with Crippen molar-refractivity contribution < 1.29 is 9.21 Å². The van der Waals surface area contributed by atoms with Crippen LogP contribution in [0, 0.1) is 0 Å². The first-order valence-corrected chi connectivity index (χ1v) is 6.68. The van der Waals surface area contributed by atoms with Gasteiger partial charge in [-0.3, -0.25) is 4.79 Å². The average molecular weight is 254 g/mol. The number of hydrogen-bond acceptors (Lipinski definition) is 4. The predicted molar refractivity (Wildman–Crippen MR) is 68.8 cm³/mol. The maximum Gasteiger partial charge on any atom is 0.236 e. The van der Waals surface area contributed by atoms with Gasteiger partial charge in [0.05, 0.1) is 11.5 Å². The molecule has 1 aliphatic heterocycles. The molecule has 0 bridgehead atoms. The summed E-state index contributed by atoms with van der Waals surface area (Å²) < 4.78 is 5.42. The Balaban J connectivity index is 2.11. The number of rotatable bonds is 4. The van der Waals surface area contributed by atoms with Gasteiger partial charge in [0, 0.05) is 13.1 Å². The fraction of sp³-hybridized carbons (Fsp3) is 0.583. The second-order valence-electron chi connectivity index (χ2n) is 4.48. The van der Waals surface area contributed by atoms with Crippen molar-refractivity contribution in [1.82, 2.24) is 9.80 Å². The van der Waals surface area contributed by atoms with Gasteiger partial charge < -0.3 is 14.2 Å². The van der Waals surface area contributed by atoms with E-state index in [9.17, 15) is 4.79 Å². The van der Waals surface area contributed by atoms with Crippen LogP contribution in [-0.2, 0) is 4.79 Å². The maximum absolute atomic E-state index is 12.1. The molecule has 1 fully saturated rings. The standard InChI is InChI=1S/C12H18N2O2S/c1-9-11(15)14(7-6-13(2)3)12(17-9)10-5-4-8-16-10/h4-5,8-9,12H,6-7H2,1-3H3/t9-,12-/m0/s1. The lowest BCUT2D eigenvalue weighted by Crippen LogP contribution is -2.35. The zero-order chi connectivity index (χ0) is 12.4. The molecule has 4 nitrogen and oxygen atoms in total. The maximum atomic E-state index is 12.1. The molecule has 2 heterocycles. The molecule has 17 heavy (non-hydrogen) atoms. The molecule has 0 spiro atoms. The van der Waals surface area contributed by atoms with Crippen molar-refractivity contribution in [3.8, 4) is 0 Å². The van der Waals surface area contributed by atoms with E-state index in [1.807, 2.05) is 38.1 Å². The molecule has 0 aromatic carbocycles. The third-order valence-electron chi connectivity index (χ3n) is 2.82. The summed E-state index contributed by atoms with van der Waals surface area (Å²) >= 11 is 1.66. The first-order chi connectivity index (χ1) is 8.09. The van der Waals surface area contributed by atoms with Gasteiger partial charge in [-0.25, -0.2) is 0 Å². The number of hydrogen-bond donors (Lipinski definition) is 0. The molecule has 0 saturated carbocycles. The highest BCUT2D eigenvalue weighted by atomic mass is 32.2. The van der Waals surface area contributed by atoms with Gasteiger partial charge in [-0.05, 0) is 33.2 Å². The van der Waals surface area contributed by atoms with Crippen LogP contribution in [0.5, 0.6) is 0 Å². The van der Waals surface area contributed by atoms with Crippen LogP contribution in [0.2, 0.25) is 0 Å². The second kappa shape index (κ2) is 5.14. The van der Waals surface area contributed by atoms with E-state index >= 15 is 0 Å². The van der Waals surface area contributed by atoms with Gasteiger partial charge in [-0.2, -0.15) is 0 Å². The molecule has 0 N–H and O–H groups in total. The fourth-order valence-corrected chi connectivity index (χ4v) is 3.12. The molecule has 0 radical (unpaired) electrons. The summed E-state index contributed by atoms with van der Waals surface area (Å²) in [5.74, 6) is 1.07. The van der Waals surface area contributed by atoms with Crippen molar-refractivity contribution in [3.63, 3.8) is 0 Å². The summed E-state index contributed by atoms with van der Waals surface area (Å²) in [7, 11) is 4.03. The highest BCUT2D eigenvalue weighted by molar-refractivity contribution is 8.01. The van der Waals surface area contributed by atoms with E-state index in [1.54, 1.807) is 18.0 Å². The van der Waals surface area contributed by atoms with Crippen LogP contribution in [0.15, 0.2) is 22.8 Å². The lowest BCUT2D eigenvalue weighted by molar-refractivity contribution is -0.130. The molecular formula is C12H18N2O2S. The number of amides is 1. The lowest BCUT2D eigenvalue weighted by Gasteiger charge is -2.23. The normalized spacial score (nSPS) is 24.9. The number of thioether (sulfide) groups is 1. The van der Waals surface area contributed by atoms with Crippen LogP contribution in [0.3, 0.4) is 0 Å². The molecule has 0 aliphatic carbocycles. The SMILES string of the molecule is C[C@@H]1S[C@@H](c2ccco2)N(CCN(C)C)C1=O. The van der Waals surface area contributed by atoms with Gasteiger partial charge in [-0.1, -0.05) is 0 Å². The fourth-order valence-electron chi connectivity index (χ4n) is 1.86. The molecule has 2 rings (SSSR count). The lowest BCUT2D eigenvalue weighted by atomic mass is 10.3. The van der Waals surface area contributed by atoms with Crippen LogP contribution in [0.1, 0.15) is 18.1 Å². The van der Waals surface area contributed by atoms with Crippen molar-refractivity contribution in [2.45, 2.75) is 17.5 Å². The van der Waals surface area contributed by atoms with Crippen LogP contribution in [-0.4, -0.2) is 48.1 Å². The number of carbonyl (C=O) groups excluding carboxylic acids is 1. The number of likely N-dealkylation sites (N-methyl/N-ethyl adjacent to an activating group) is 1. The molecule has 0 unspecified atom stereocenters. The monoisotopic (exact) mass is 254 g/mol. The summed E-state index contributed by atoms with van der Waals surface area (Å²) in [5, 5.41) is 0.0553. The van der Waals surface area contributed by atoms with Gasteiger partial charge in [0.2, 0.25) is 5.91 Å².